The van der Waals surface area contributed by atoms with E-state index in [4.69, 9.17) is 5.11 Å². The molecule has 0 unspecified atom stereocenters. The topological polar surface area (TPSA) is 49.3 Å². The molecule has 0 radical (unpaired) electrons. The predicted octanol–water partition coefficient (Wildman–Crippen LogP) is 0.851. The number of rotatable bonds is 5. The second kappa shape index (κ2) is 3.22. The van der Waals surface area contributed by atoms with Gasteiger partial charge in [0.2, 0.25) is 0 Å². The van der Waals surface area contributed by atoms with E-state index in [1.807, 2.05) is 0 Å². The van der Waals surface area contributed by atoms with Crippen molar-refractivity contribution in [2.75, 3.05) is 13.1 Å². The van der Waals surface area contributed by atoms with E-state index in [0.29, 0.717) is 12.0 Å². The highest BCUT2D eigenvalue weighted by Crippen LogP contribution is 2.43. The average molecular weight is 157 g/mol. The monoisotopic (exact) mass is 157 g/mol. The molecule has 1 rings (SSSR count). The number of carbonyl (C=O) groups is 1. The van der Waals surface area contributed by atoms with Gasteiger partial charge in [-0.1, -0.05) is 6.92 Å². The van der Waals surface area contributed by atoms with E-state index >= 15 is 0 Å². The third-order valence-corrected chi connectivity index (χ3v) is 2.17. The van der Waals surface area contributed by atoms with Gasteiger partial charge >= 0.3 is 5.97 Å². The van der Waals surface area contributed by atoms with Gasteiger partial charge in [-0.05, 0) is 18.3 Å². The Morgan fingerprint density at radius 1 is 1.64 bits per heavy atom. The summed E-state index contributed by atoms with van der Waals surface area (Å²) in [7, 11) is 0. The van der Waals surface area contributed by atoms with Crippen molar-refractivity contribution >= 4 is 5.97 Å². The number of carboxylic acid groups (broad SMARTS) is 1. The molecule has 0 aromatic rings. The van der Waals surface area contributed by atoms with Crippen molar-refractivity contribution in [3.8, 4) is 0 Å². The molecule has 0 amide bonds. The summed E-state index contributed by atoms with van der Waals surface area (Å²) < 4.78 is 0. The van der Waals surface area contributed by atoms with Crippen LogP contribution in [0.3, 0.4) is 0 Å². The van der Waals surface area contributed by atoms with Gasteiger partial charge in [0.15, 0.2) is 0 Å². The molecule has 1 saturated carbocycles. The highest BCUT2D eigenvalue weighted by molar-refractivity contribution is 5.66. The Morgan fingerprint density at radius 2 is 2.27 bits per heavy atom. The van der Waals surface area contributed by atoms with Crippen molar-refractivity contribution in [1.82, 2.24) is 5.32 Å². The van der Waals surface area contributed by atoms with E-state index in [9.17, 15) is 4.79 Å². The van der Waals surface area contributed by atoms with Crippen LogP contribution in [0.2, 0.25) is 0 Å². The van der Waals surface area contributed by atoms with Gasteiger partial charge in [-0.2, -0.15) is 0 Å². The zero-order chi connectivity index (χ0) is 8.32. The Bertz CT molecular complexity index is 152. The summed E-state index contributed by atoms with van der Waals surface area (Å²) in [6, 6.07) is 0. The third-order valence-electron chi connectivity index (χ3n) is 2.17. The minimum absolute atomic E-state index is 0.232. The summed E-state index contributed by atoms with van der Waals surface area (Å²) in [5, 5.41) is 11.5. The van der Waals surface area contributed by atoms with Gasteiger partial charge in [-0.3, -0.25) is 4.79 Å². The molecule has 0 aromatic carbocycles. The van der Waals surface area contributed by atoms with Crippen molar-refractivity contribution in [1.29, 1.82) is 0 Å². The third kappa shape index (κ3) is 3.37. The maximum Gasteiger partial charge on any atom is 0.304 e. The first kappa shape index (κ1) is 8.53. The van der Waals surface area contributed by atoms with Gasteiger partial charge < -0.3 is 10.4 Å². The van der Waals surface area contributed by atoms with E-state index < -0.39 is 5.97 Å². The Balaban J connectivity index is 1.92. The summed E-state index contributed by atoms with van der Waals surface area (Å²) in [4.78, 5) is 10.1. The van der Waals surface area contributed by atoms with E-state index in [0.717, 1.165) is 6.54 Å². The van der Waals surface area contributed by atoms with Crippen LogP contribution in [0.15, 0.2) is 0 Å². The van der Waals surface area contributed by atoms with Crippen molar-refractivity contribution in [3.63, 3.8) is 0 Å². The molecule has 64 valence electrons. The van der Waals surface area contributed by atoms with Crippen LogP contribution in [0, 0.1) is 5.41 Å². The summed E-state index contributed by atoms with van der Waals surface area (Å²) in [5.41, 5.74) is 0.485. The molecule has 0 spiro atoms. The van der Waals surface area contributed by atoms with E-state index in [1.165, 1.54) is 12.8 Å². The van der Waals surface area contributed by atoms with Gasteiger partial charge in [-0.25, -0.2) is 0 Å². The minimum Gasteiger partial charge on any atom is -0.481 e. The second-order valence-corrected chi connectivity index (χ2v) is 3.63. The maximum absolute atomic E-state index is 10.1. The molecule has 2 N–H and O–H groups in total. The number of hydrogen-bond donors (Lipinski definition) is 2. The summed E-state index contributed by atoms with van der Waals surface area (Å²) in [6.07, 6.45) is 2.80. The Labute approximate surface area is 66.8 Å². The molecular weight excluding hydrogens is 142 g/mol. The minimum atomic E-state index is -0.724. The zero-order valence-electron chi connectivity index (χ0n) is 6.89. The van der Waals surface area contributed by atoms with Crippen LogP contribution in [0.5, 0.6) is 0 Å². The molecule has 0 saturated heterocycles. The van der Waals surface area contributed by atoms with E-state index in [-0.39, 0.29) is 6.42 Å². The SMILES string of the molecule is CC1(CNCCC(=O)O)CC1. The quantitative estimate of drug-likeness (QED) is 0.582. The van der Waals surface area contributed by atoms with Crippen LogP contribution in [-0.2, 0) is 4.79 Å². The molecule has 0 aliphatic heterocycles. The van der Waals surface area contributed by atoms with Gasteiger partial charge in [0.25, 0.3) is 0 Å². The molecule has 3 nitrogen and oxygen atoms in total. The Kier molecular flexibility index (Phi) is 2.49. The molecule has 11 heavy (non-hydrogen) atoms. The van der Waals surface area contributed by atoms with E-state index in [1.54, 1.807) is 0 Å². The van der Waals surface area contributed by atoms with Crippen molar-refractivity contribution in [2.24, 2.45) is 5.41 Å². The van der Waals surface area contributed by atoms with Crippen molar-refractivity contribution < 1.29 is 9.90 Å². The molecule has 1 fully saturated rings. The summed E-state index contributed by atoms with van der Waals surface area (Å²) in [6.45, 7) is 3.80. The molecule has 0 atom stereocenters. The first-order valence-corrected chi connectivity index (χ1v) is 4.05. The Hall–Kier alpha value is -0.570. The second-order valence-electron chi connectivity index (χ2n) is 3.63. The fraction of sp³-hybridized carbons (Fsp3) is 0.875. The van der Waals surface area contributed by atoms with Crippen LogP contribution in [0.4, 0.5) is 0 Å². The highest BCUT2D eigenvalue weighted by Gasteiger charge is 2.36. The van der Waals surface area contributed by atoms with Crippen molar-refractivity contribution in [3.05, 3.63) is 0 Å². The van der Waals surface area contributed by atoms with Crippen LogP contribution in [0.25, 0.3) is 0 Å². The fourth-order valence-electron chi connectivity index (χ4n) is 0.976. The van der Waals surface area contributed by atoms with Crippen LogP contribution < -0.4 is 5.32 Å². The lowest BCUT2D eigenvalue weighted by molar-refractivity contribution is -0.136. The normalized spacial score (nSPS) is 19.7. The number of carboxylic acids is 1. The fourth-order valence-corrected chi connectivity index (χ4v) is 0.976. The lowest BCUT2D eigenvalue weighted by Gasteiger charge is -2.07. The molecular formula is C8H15NO2. The lowest BCUT2D eigenvalue weighted by Crippen LogP contribution is -2.24. The largest absolute Gasteiger partial charge is 0.481 e. The first-order valence-electron chi connectivity index (χ1n) is 4.05. The molecule has 0 heterocycles. The van der Waals surface area contributed by atoms with E-state index in [2.05, 4.69) is 12.2 Å². The number of aliphatic carboxylic acids is 1. The summed E-state index contributed by atoms with van der Waals surface area (Å²) in [5.74, 6) is -0.724. The highest BCUT2D eigenvalue weighted by atomic mass is 16.4. The molecule has 0 aromatic heterocycles. The average Bonchev–Trinajstić information content (AvgIpc) is 2.62. The molecule has 0 bridgehead atoms. The van der Waals surface area contributed by atoms with Gasteiger partial charge in [0, 0.05) is 13.1 Å². The standard InChI is InChI=1S/C8H15NO2/c1-8(3-4-8)6-9-5-2-7(10)11/h9H,2-6H2,1H3,(H,10,11). The predicted molar refractivity (Wildman–Crippen MR) is 42.5 cm³/mol. The summed E-state index contributed by atoms with van der Waals surface area (Å²) >= 11 is 0. The van der Waals surface area contributed by atoms with Crippen molar-refractivity contribution in [2.45, 2.75) is 26.2 Å². The first-order chi connectivity index (χ1) is 5.12. The van der Waals surface area contributed by atoms with Gasteiger partial charge in [0.1, 0.15) is 0 Å². The maximum atomic E-state index is 10.1. The Morgan fingerprint density at radius 3 is 2.73 bits per heavy atom. The zero-order valence-corrected chi connectivity index (χ0v) is 6.89. The number of nitrogens with one attached hydrogen (secondary N) is 1. The molecule has 1 aliphatic carbocycles. The lowest BCUT2D eigenvalue weighted by atomic mass is 10.1. The molecule has 3 heteroatoms. The van der Waals surface area contributed by atoms with Crippen LogP contribution in [-0.4, -0.2) is 24.2 Å². The molecule has 1 aliphatic rings. The van der Waals surface area contributed by atoms with Gasteiger partial charge in [0.05, 0.1) is 6.42 Å². The van der Waals surface area contributed by atoms with Crippen LogP contribution in [0.1, 0.15) is 26.2 Å². The smallest absolute Gasteiger partial charge is 0.304 e. The number of hydrogen-bond acceptors (Lipinski definition) is 2. The van der Waals surface area contributed by atoms with Gasteiger partial charge in [-0.15, -0.1) is 0 Å². The van der Waals surface area contributed by atoms with Crippen LogP contribution >= 0.6 is 0 Å².